The number of para-hydroxylation sites is 1. The average molecular weight is 222 g/mol. The summed E-state index contributed by atoms with van der Waals surface area (Å²) < 4.78 is 0. The summed E-state index contributed by atoms with van der Waals surface area (Å²) in [5.74, 6) is -0.214. The molecule has 0 saturated carbocycles. The molecular formula is C10H10N2O2S. The number of carbonyl (C=O) groups is 1. The minimum atomic E-state index is -0.613. The summed E-state index contributed by atoms with van der Waals surface area (Å²) in [6, 6.07) is 8.51. The highest BCUT2D eigenvalue weighted by atomic mass is 32.1. The van der Waals surface area contributed by atoms with E-state index in [1.165, 1.54) is 4.90 Å². The predicted molar refractivity (Wildman–Crippen MR) is 60.5 cm³/mol. The number of rotatable bonds is 2. The molecule has 4 nitrogen and oxygen atoms in total. The van der Waals surface area contributed by atoms with E-state index in [0.717, 1.165) is 5.69 Å². The molecule has 0 aliphatic carbocycles. The van der Waals surface area contributed by atoms with Gasteiger partial charge in [-0.05, 0) is 24.4 Å². The normalized spacial score (nSPS) is 20.6. The zero-order chi connectivity index (χ0) is 10.8. The highest BCUT2D eigenvalue weighted by Crippen LogP contribution is 2.18. The number of anilines is 1. The molecule has 1 aliphatic rings. The average Bonchev–Trinajstić information content (AvgIpc) is 2.55. The lowest BCUT2D eigenvalue weighted by Crippen LogP contribution is -2.33. The van der Waals surface area contributed by atoms with Crippen LogP contribution in [0.5, 0.6) is 0 Å². The van der Waals surface area contributed by atoms with Gasteiger partial charge in [-0.15, -0.1) is 0 Å². The highest BCUT2D eigenvalue weighted by Gasteiger charge is 2.35. The van der Waals surface area contributed by atoms with Crippen molar-refractivity contribution in [2.24, 2.45) is 0 Å². The first-order valence-electron chi connectivity index (χ1n) is 4.54. The first-order chi connectivity index (χ1) is 7.24. The molecule has 0 radical (unpaired) electrons. The van der Waals surface area contributed by atoms with E-state index in [9.17, 15) is 4.79 Å². The van der Waals surface area contributed by atoms with Crippen LogP contribution in [0.15, 0.2) is 30.3 Å². The van der Waals surface area contributed by atoms with Gasteiger partial charge in [-0.2, -0.15) is 0 Å². The van der Waals surface area contributed by atoms with Gasteiger partial charge in [-0.3, -0.25) is 9.69 Å². The highest BCUT2D eigenvalue weighted by molar-refractivity contribution is 7.80. The number of benzene rings is 1. The molecule has 1 aromatic rings. The molecule has 0 spiro atoms. The zero-order valence-corrected chi connectivity index (χ0v) is 8.70. The Hall–Kier alpha value is -1.46. The molecule has 0 unspecified atom stereocenters. The number of carbonyl (C=O) groups excluding carboxylic acids is 1. The first-order valence-corrected chi connectivity index (χ1v) is 4.95. The van der Waals surface area contributed by atoms with Crippen molar-refractivity contribution in [1.29, 1.82) is 0 Å². The minimum Gasteiger partial charge on any atom is -0.394 e. The molecule has 2 rings (SSSR count). The van der Waals surface area contributed by atoms with Crippen LogP contribution in [-0.4, -0.2) is 28.8 Å². The number of amides is 1. The lowest BCUT2D eigenvalue weighted by atomic mass is 10.2. The molecule has 1 fully saturated rings. The van der Waals surface area contributed by atoms with Gasteiger partial charge < -0.3 is 10.4 Å². The van der Waals surface area contributed by atoms with Crippen molar-refractivity contribution >= 4 is 28.9 Å². The largest absolute Gasteiger partial charge is 0.394 e. The summed E-state index contributed by atoms with van der Waals surface area (Å²) in [7, 11) is 0. The number of hydrogen-bond donors (Lipinski definition) is 2. The number of nitrogens with zero attached hydrogens (tertiary/aromatic N) is 1. The Kier molecular flexibility index (Phi) is 2.66. The number of aliphatic hydroxyl groups excluding tert-OH is 1. The van der Waals surface area contributed by atoms with Crippen molar-refractivity contribution in [1.82, 2.24) is 5.32 Å². The van der Waals surface area contributed by atoms with E-state index < -0.39 is 6.04 Å². The van der Waals surface area contributed by atoms with E-state index in [4.69, 9.17) is 17.3 Å². The number of thiocarbonyl (C=S) groups is 1. The van der Waals surface area contributed by atoms with Crippen molar-refractivity contribution < 1.29 is 9.90 Å². The first kappa shape index (κ1) is 10.1. The van der Waals surface area contributed by atoms with Gasteiger partial charge in [0, 0.05) is 0 Å². The van der Waals surface area contributed by atoms with E-state index in [0.29, 0.717) is 5.11 Å². The molecule has 5 heteroatoms. The summed E-state index contributed by atoms with van der Waals surface area (Å²) in [6.45, 7) is -0.248. The smallest absolute Gasteiger partial charge is 0.258 e. The van der Waals surface area contributed by atoms with Gasteiger partial charge in [0.25, 0.3) is 5.91 Å². The van der Waals surface area contributed by atoms with Gasteiger partial charge in [0.05, 0.1) is 12.3 Å². The fraction of sp³-hybridized carbons (Fsp3) is 0.200. The Balaban J connectivity index is 2.31. The Bertz CT molecular complexity index is 394. The van der Waals surface area contributed by atoms with Crippen LogP contribution in [0.25, 0.3) is 0 Å². The molecule has 15 heavy (non-hydrogen) atoms. The maximum atomic E-state index is 11.8. The maximum Gasteiger partial charge on any atom is 0.258 e. The zero-order valence-electron chi connectivity index (χ0n) is 7.88. The van der Waals surface area contributed by atoms with Crippen LogP contribution in [0.4, 0.5) is 5.69 Å². The van der Waals surface area contributed by atoms with E-state index >= 15 is 0 Å². The minimum absolute atomic E-state index is 0.214. The summed E-state index contributed by atoms with van der Waals surface area (Å²) >= 11 is 5.03. The second-order valence-electron chi connectivity index (χ2n) is 3.19. The summed E-state index contributed by atoms with van der Waals surface area (Å²) in [6.07, 6.45) is 0. The number of aliphatic hydroxyl groups is 1. The lowest BCUT2D eigenvalue weighted by molar-refractivity contribution is -0.119. The van der Waals surface area contributed by atoms with Gasteiger partial charge in [-0.1, -0.05) is 18.2 Å². The molecular weight excluding hydrogens is 212 g/mol. The molecule has 1 aliphatic heterocycles. The van der Waals surface area contributed by atoms with Crippen LogP contribution in [0.1, 0.15) is 0 Å². The molecule has 1 saturated heterocycles. The van der Waals surface area contributed by atoms with E-state index in [1.54, 1.807) is 12.1 Å². The fourth-order valence-corrected chi connectivity index (χ4v) is 1.81. The third-order valence-electron chi connectivity index (χ3n) is 2.22. The SMILES string of the molecule is O=C1[C@@H](CO)NC(=S)N1c1ccccc1. The van der Waals surface area contributed by atoms with Crippen molar-refractivity contribution in [3.63, 3.8) is 0 Å². The van der Waals surface area contributed by atoms with Crippen LogP contribution < -0.4 is 10.2 Å². The van der Waals surface area contributed by atoms with Gasteiger partial charge in [-0.25, -0.2) is 0 Å². The molecule has 1 amide bonds. The quantitative estimate of drug-likeness (QED) is 0.705. The van der Waals surface area contributed by atoms with Crippen LogP contribution in [0, 0.1) is 0 Å². The van der Waals surface area contributed by atoms with Crippen molar-refractivity contribution in [2.45, 2.75) is 6.04 Å². The van der Waals surface area contributed by atoms with Crippen LogP contribution in [-0.2, 0) is 4.79 Å². The van der Waals surface area contributed by atoms with Gasteiger partial charge in [0.2, 0.25) is 0 Å². The second-order valence-corrected chi connectivity index (χ2v) is 3.58. The Labute approximate surface area is 92.5 Å². The van der Waals surface area contributed by atoms with E-state index in [1.807, 2.05) is 18.2 Å². The Morgan fingerprint density at radius 1 is 1.40 bits per heavy atom. The molecule has 0 bridgehead atoms. The summed E-state index contributed by atoms with van der Waals surface area (Å²) in [5, 5.41) is 12.0. The van der Waals surface area contributed by atoms with E-state index in [2.05, 4.69) is 5.32 Å². The van der Waals surface area contributed by atoms with Crippen LogP contribution >= 0.6 is 12.2 Å². The molecule has 78 valence electrons. The number of nitrogens with one attached hydrogen (secondary N) is 1. The molecule has 1 aromatic carbocycles. The van der Waals surface area contributed by atoms with E-state index in [-0.39, 0.29) is 12.5 Å². The fourth-order valence-electron chi connectivity index (χ4n) is 1.48. The molecule has 0 aromatic heterocycles. The predicted octanol–water partition coefficient (Wildman–Crippen LogP) is 0.269. The summed E-state index contributed by atoms with van der Waals surface area (Å²) in [5.41, 5.74) is 0.718. The van der Waals surface area contributed by atoms with Crippen molar-refractivity contribution in [2.75, 3.05) is 11.5 Å². The molecule has 1 atom stereocenters. The molecule has 1 heterocycles. The molecule has 2 N–H and O–H groups in total. The Morgan fingerprint density at radius 3 is 2.60 bits per heavy atom. The van der Waals surface area contributed by atoms with Crippen LogP contribution in [0.2, 0.25) is 0 Å². The Morgan fingerprint density at radius 2 is 2.07 bits per heavy atom. The second kappa shape index (κ2) is 3.96. The maximum absolute atomic E-state index is 11.8. The van der Waals surface area contributed by atoms with Crippen molar-refractivity contribution in [3.05, 3.63) is 30.3 Å². The van der Waals surface area contributed by atoms with Crippen LogP contribution in [0.3, 0.4) is 0 Å². The number of hydrogen-bond acceptors (Lipinski definition) is 3. The monoisotopic (exact) mass is 222 g/mol. The standard InChI is InChI=1S/C10H10N2O2S/c13-6-8-9(14)12(10(15)11-8)7-4-2-1-3-5-7/h1-5,8,13H,6H2,(H,11,15)/t8-/m1/s1. The van der Waals surface area contributed by atoms with Crippen molar-refractivity contribution in [3.8, 4) is 0 Å². The summed E-state index contributed by atoms with van der Waals surface area (Å²) in [4.78, 5) is 13.2. The lowest BCUT2D eigenvalue weighted by Gasteiger charge is -2.14. The third kappa shape index (κ3) is 1.71. The van der Waals surface area contributed by atoms with Gasteiger partial charge >= 0.3 is 0 Å². The van der Waals surface area contributed by atoms with Gasteiger partial charge in [0.1, 0.15) is 6.04 Å². The van der Waals surface area contributed by atoms with Gasteiger partial charge in [0.15, 0.2) is 5.11 Å². The topological polar surface area (TPSA) is 52.6 Å². The third-order valence-corrected chi connectivity index (χ3v) is 2.52.